The van der Waals surface area contributed by atoms with Crippen molar-refractivity contribution in [2.24, 2.45) is 0 Å². The maximum absolute atomic E-state index is 12.4. The van der Waals surface area contributed by atoms with E-state index in [1.54, 1.807) is 6.08 Å². The summed E-state index contributed by atoms with van der Waals surface area (Å²) in [7, 11) is 0. The van der Waals surface area contributed by atoms with Crippen molar-refractivity contribution >= 4 is 6.08 Å². The Labute approximate surface area is 79.1 Å². The summed E-state index contributed by atoms with van der Waals surface area (Å²) in [5.74, 6) is 0.779. The van der Waals surface area contributed by atoms with Crippen LogP contribution in [0.4, 0.5) is 4.39 Å². The molecule has 0 aliphatic rings. The first kappa shape index (κ1) is 9.97. The molecule has 0 atom stereocenters. The lowest BCUT2D eigenvalue weighted by atomic mass is 9.94. The van der Waals surface area contributed by atoms with Gasteiger partial charge in [0.15, 0.2) is 0 Å². The van der Waals surface area contributed by atoms with E-state index in [4.69, 9.17) is 0 Å². The summed E-state index contributed by atoms with van der Waals surface area (Å²) in [5.41, 5.74) is 3.18. The van der Waals surface area contributed by atoms with E-state index in [9.17, 15) is 4.39 Å². The van der Waals surface area contributed by atoms with Crippen LogP contribution in [-0.2, 0) is 0 Å². The fourth-order valence-electron chi connectivity index (χ4n) is 1.41. The Morgan fingerprint density at radius 2 is 2.23 bits per heavy atom. The molecule has 1 aromatic carbocycles. The van der Waals surface area contributed by atoms with Gasteiger partial charge in [0.2, 0.25) is 0 Å². The van der Waals surface area contributed by atoms with Crippen molar-refractivity contribution in [2.45, 2.75) is 13.8 Å². The fourth-order valence-corrected chi connectivity index (χ4v) is 1.41. The van der Waals surface area contributed by atoms with Crippen molar-refractivity contribution in [2.75, 3.05) is 6.67 Å². The van der Waals surface area contributed by atoms with Crippen LogP contribution in [0.25, 0.3) is 6.08 Å². The van der Waals surface area contributed by atoms with Gasteiger partial charge < -0.3 is 0 Å². The average molecular weight is 177 g/mol. The molecule has 1 aromatic rings. The number of hydrogen-bond acceptors (Lipinski definition) is 0. The van der Waals surface area contributed by atoms with E-state index < -0.39 is 0 Å². The maximum Gasteiger partial charge on any atom is 0.0997 e. The van der Waals surface area contributed by atoms with E-state index in [-0.39, 0.29) is 6.67 Å². The van der Waals surface area contributed by atoms with E-state index in [2.05, 4.69) is 6.58 Å². The number of rotatable bonds is 3. The van der Waals surface area contributed by atoms with Crippen LogP contribution in [-0.4, -0.2) is 6.67 Å². The van der Waals surface area contributed by atoms with Crippen molar-refractivity contribution < 1.29 is 4.39 Å². The van der Waals surface area contributed by atoms with Gasteiger partial charge in [-0.2, -0.15) is 0 Å². The molecule has 0 nitrogen and oxygen atoms in total. The van der Waals surface area contributed by atoms with Gasteiger partial charge >= 0.3 is 0 Å². The van der Waals surface area contributed by atoms with Crippen LogP contribution in [0, 0.1) is 12.8 Å². The molecule has 0 aliphatic heterocycles. The topological polar surface area (TPSA) is 0 Å². The number of hydrogen-bond donors (Lipinski definition) is 0. The molecule has 0 heterocycles. The van der Waals surface area contributed by atoms with Crippen molar-refractivity contribution in [3.05, 3.63) is 47.4 Å². The Hall–Kier alpha value is -1.11. The minimum Gasteiger partial charge on any atom is -0.250 e. The number of halogens is 1. The van der Waals surface area contributed by atoms with Crippen LogP contribution in [0.1, 0.15) is 23.6 Å². The van der Waals surface area contributed by atoms with E-state index in [1.165, 1.54) is 0 Å². The molecule has 0 unspecified atom stereocenters. The van der Waals surface area contributed by atoms with Crippen LogP contribution in [0.5, 0.6) is 0 Å². The zero-order chi connectivity index (χ0) is 9.84. The average Bonchev–Trinajstić information content (AvgIpc) is 2.17. The molecule has 1 radical (unpaired) electrons. The molecular weight excluding hydrogens is 163 g/mol. The van der Waals surface area contributed by atoms with E-state index in [0.717, 1.165) is 22.6 Å². The Morgan fingerprint density at radius 1 is 1.54 bits per heavy atom. The van der Waals surface area contributed by atoms with Crippen LogP contribution in [0.3, 0.4) is 0 Å². The molecular formula is C12H14F. The summed E-state index contributed by atoms with van der Waals surface area (Å²) in [6.07, 6.45) is 1.80. The van der Waals surface area contributed by atoms with Gasteiger partial charge in [0, 0.05) is 5.92 Å². The highest BCUT2D eigenvalue weighted by Gasteiger charge is 2.09. The van der Waals surface area contributed by atoms with Gasteiger partial charge in [0.25, 0.3) is 0 Å². The summed E-state index contributed by atoms with van der Waals surface area (Å²) < 4.78 is 12.4. The quantitative estimate of drug-likeness (QED) is 0.662. The van der Waals surface area contributed by atoms with E-state index in [1.807, 2.05) is 32.0 Å². The van der Waals surface area contributed by atoms with E-state index in [0.29, 0.717) is 0 Å². The predicted octanol–water partition coefficient (Wildman–Crippen LogP) is 3.55. The minimum atomic E-state index is -0.387. The van der Waals surface area contributed by atoms with Crippen LogP contribution >= 0.6 is 0 Å². The molecule has 0 aromatic heterocycles. The molecule has 0 bridgehead atoms. The second-order valence-electron chi connectivity index (χ2n) is 3.14. The highest BCUT2D eigenvalue weighted by Crippen LogP contribution is 2.22. The van der Waals surface area contributed by atoms with Crippen molar-refractivity contribution in [1.29, 1.82) is 0 Å². The van der Waals surface area contributed by atoms with Crippen molar-refractivity contribution in [1.82, 2.24) is 0 Å². The first-order valence-electron chi connectivity index (χ1n) is 4.31. The first-order valence-corrected chi connectivity index (χ1v) is 4.31. The third kappa shape index (κ3) is 1.97. The van der Waals surface area contributed by atoms with Gasteiger partial charge in [-0.25, -0.2) is 0 Å². The van der Waals surface area contributed by atoms with Gasteiger partial charge in [-0.3, -0.25) is 4.39 Å². The van der Waals surface area contributed by atoms with Crippen molar-refractivity contribution in [3.8, 4) is 0 Å². The summed E-state index contributed by atoms with van der Waals surface area (Å²) in [6.45, 7) is 7.13. The summed E-state index contributed by atoms with van der Waals surface area (Å²) in [6, 6.07) is 5.85. The monoisotopic (exact) mass is 177 g/mol. The standard InChI is InChI=1S/C12H14F/c1-4-11-6-5-7-12(10(11)3)9(2)8-13/h4-7H,1,8H2,2-3H3. The third-order valence-electron chi connectivity index (χ3n) is 2.26. The molecule has 13 heavy (non-hydrogen) atoms. The fraction of sp³-hybridized carbons (Fsp3) is 0.250. The molecule has 69 valence electrons. The first-order chi connectivity index (χ1) is 6.20. The van der Waals surface area contributed by atoms with Gasteiger partial charge in [0.05, 0.1) is 6.67 Å². The Kier molecular flexibility index (Phi) is 3.24. The molecule has 0 aliphatic carbocycles. The van der Waals surface area contributed by atoms with Gasteiger partial charge in [0.1, 0.15) is 0 Å². The van der Waals surface area contributed by atoms with Gasteiger partial charge in [-0.05, 0) is 23.6 Å². The number of alkyl halides is 1. The molecule has 0 fully saturated rings. The lowest BCUT2D eigenvalue weighted by molar-refractivity contribution is 0.515. The zero-order valence-corrected chi connectivity index (χ0v) is 8.10. The lowest BCUT2D eigenvalue weighted by Crippen LogP contribution is -2.00. The van der Waals surface area contributed by atoms with Crippen LogP contribution in [0.15, 0.2) is 24.8 Å². The molecule has 1 rings (SSSR count). The Bertz CT molecular complexity index is 302. The predicted molar refractivity (Wildman–Crippen MR) is 55.3 cm³/mol. The second kappa shape index (κ2) is 4.22. The number of benzene rings is 1. The largest absolute Gasteiger partial charge is 0.250 e. The maximum atomic E-state index is 12.4. The van der Waals surface area contributed by atoms with Crippen LogP contribution < -0.4 is 0 Å². The Morgan fingerprint density at radius 3 is 2.77 bits per heavy atom. The lowest BCUT2D eigenvalue weighted by Gasteiger charge is -2.12. The Balaban J connectivity index is 3.15. The second-order valence-corrected chi connectivity index (χ2v) is 3.14. The van der Waals surface area contributed by atoms with Crippen molar-refractivity contribution in [3.63, 3.8) is 0 Å². The smallest absolute Gasteiger partial charge is 0.0997 e. The van der Waals surface area contributed by atoms with E-state index >= 15 is 0 Å². The zero-order valence-electron chi connectivity index (χ0n) is 8.10. The minimum absolute atomic E-state index is 0.387. The SMILES string of the molecule is C=Cc1cccc([C](C)CF)c1C. The normalized spacial score (nSPS) is 10.5. The summed E-state index contributed by atoms with van der Waals surface area (Å²) in [4.78, 5) is 0. The molecule has 0 spiro atoms. The molecule has 0 amide bonds. The molecule has 0 saturated heterocycles. The molecule has 0 N–H and O–H groups in total. The third-order valence-corrected chi connectivity index (χ3v) is 2.26. The molecule has 1 heteroatoms. The highest BCUT2D eigenvalue weighted by molar-refractivity contribution is 5.56. The highest BCUT2D eigenvalue weighted by atomic mass is 19.1. The van der Waals surface area contributed by atoms with Crippen LogP contribution in [0.2, 0.25) is 0 Å². The van der Waals surface area contributed by atoms with Gasteiger partial charge in [-0.1, -0.05) is 37.8 Å². The van der Waals surface area contributed by atoms with Gasteiger partial charge in [-0.15, -0.1) is 0 Å². The summed E-state index contributed by atoms with van der Waals surface area (Å²) >= 11 is 0. The summed E-state index contributed by atoms with van der Waals surface area (Å²) in [5, 5.41) is 0. The molecule has 0 saturated carbocycles.